The van der Waals surface area contributed by atoms with Crippen molar-refractivity contribution in [3.8, 4) is 34.8 Å². The number of fused-ring (bicyclic) bond motifs is 2. The number of nitrogens with zero attached hydrogens (tertiary/aromatic N) is 5. The lowest BCUT2D eigenvalue weighted by Crippen LogP contribution is -2.29. The average molecular weight is 540 g/mol. The average Bonchev–Trinajstić information content (AvgIpc) is 3.67. The van der Waals surface area contributed by atoms with Gasteiger partial charge in [0.25, 0.3) is 5.91 Å². The zero-order valence-electron chi connectivity index (χ0n) is 20.4. The summed E-state index contributed by atoms with van der Waals surface area (Å²) in [5.41, 5.74) is 2.32. The lowest BCUT2D eigenvalue weighted by molar-refractivity contribution is 0.0989. The lowest BCUT2D eigenvalue weighted by Gasteiger charge is -2.27. The summed E-state index contributed by atoms with van der Waals surface area (Å²) in [5, 5.41) is 0. The predicted molar refractivity (Wildman–Crippen MR) is 137 cm³/mol. The first-order valence-electron chi connectivity index (χ1n) is 11.5. The van der Waals surface area contributed by atoms with Crippen LogP contribution in [0.5, 0.6) is 23.4 Å². The van der Waals surface area contributed by atoms with Crippen molar-refractivity contribution in [3.63, 3.8) is 0 Å². The highest BCUT2D eigenvalue weighted by molar-refractivity contribution is 7.16. The van der Waals surface area contributed by atoms with Crippen LogP contribution in [0.3, 0.4) is 0 Å². The summed E-state index contributed by atoms with van der Waals surface area (Å²) in [6, 6.07) is 8.90. The van der Waals surface area contributed by atoms with E-state index in [0.29, 0.717) is 44.5 Å². The molecule has 3 aromatic heterocycles. The van der Waals surface area contributed by atoms with Crippen molar-refractivity contribution in [2.24, 2.45) is 0 Å². The molecule has 0 aliphatic carbocycles. The standard InChI is InChI=1S/C25H22ClN5O5S/c1-12(2)30-21-19(28-22(30)14-10-27-25(34-4)29-23(14)33-3)24(32)31(20(21)17-7-8-18(26)37-17)13-5-6-15-16(9-13)36-11-35-15/h5-10,12,20H,11H2,1-4H3/t20-/m0/s1. The zero-order chi connectivity index (χ0) is 25.8. The van der Waals surface area contributed by atoms with E-state index in [1.165, 1.54) is 25.6 Å². The van der Waals surface area contributed by atoms with E-state index in [2.05, 4.69) is 9.97 Å². The Bertz CT molecular complexity index is 1530. The fourth-order valence-corrected chi connectivity index (χ4v) is 5.88. The third kappa shape index (κ3) is 3.68. The van der Waals surface area contributed by atoms with Crippen LogP contribution in [-0.4, -0.2) is 46.4 Å². The molecule has 1 aromatic carbocycles. The van der Waals surface area contributed by atoms with Crippen LogP contribution in [0.25, 0.3) is 11.4 Å². The summed E-state index contributed by atoms with van der Waals surface area (Å²) in [4.78, 5) is 30.1. The highest BCUT2D eigenvalue weighted by atomic mass is 35.5. The van der Waals surface area contributed by atoms with Gasteiger partial charge in [0.1, 0.15) is 11.9 Å². The fraction of sp³-hybridized carbons (Fsp3) is 0.280. The topological polar surface area (TPSA) is 101 Å². The Labute approximate surface area is 221 Å². The van der Waals surface area contributed by atoms with E-state index in [-0.39, 0.29) is 24.8 Å². The smallest absolute Gasteiger partial charge is 0.319 e. The first-order chi connectivity index (χ1) is 17.9. The maximum Gasteiger partial charge on any atom is 0.319 e. The number of imidazole rings is 1. The Morgan fingerprint density at radius 3 is 2.62 bits per heavy atom. The lowest BCUT2D eigenvalue weighted by atomic mass is 10.1. The number of hydrogen-bond donors (Lipinski definition) is 0. The number of carbonyl (C=O) groups is 1. The van der Waals surface area contributed by atoms with E-state index < -0.39 is 6.04 Å². The van der Waals surface area contributed by atoms with Gasteiger partial charge in [0, 0.05) is 28.9 Å². The number of amides is 1. The van der Waals surface area contributed by atoms with Gasteiger partial charge in [0.05, 0.1) is 29.8 Å². The van der Waals surface area contributed by atoms with Gasteiger partial charge in [-0.05, 0) is 38.1 Å². The third-order valence-corrected chi connectivity index (χ3v) is 7.53. The number of hydrogen-bond acceptors (Lipinski definition) is 9. The van der Waals surface area contributed by atoms with Gasteiger partial charge in [-0.15, -0.1) is 11.3 Å². The second kappa shape index (κ2) is 8.93. The zero-order valence-corrected chi connectivity index (χ0v) is 22.0. The molecule has 0 saturated carbocycles. The van der Waals surface area contributed by atoms with E-state index in [9.17, 15) is 4.79 Å². The predicted octanol–water partition coefficient (Wildman–Crippen LogP) is 5.13. The molecule has 5 heterocycles. The summed E-state index contributed by atoms with van der Waals surface area (Å²) in [6.07, 6.45) is 1.60. The number of benzene rings is 1. The Kier molecular flexibility index (Phi) is 5.68. The number of carbonyl (C=O) groups excluding carboxylic acids is 1. The van der Waals surface area contributed by atoms with Crippen LogP contribution < -0.4 is 23.8 Å². The molecule has 37 heavy (non-hydrogen) atoms. The minimum Gasteiger partial charge on any atom is -0.480 e. The summed E-state index contributed by atoms with van der Waals surface area (Å²) in [7, 11) is 3.00. The van der Waals surface area contributed by atoms with Crippen molar-refractivity contribution in [1.29, 1.82) is 0 Å². The molecule has 2 aliphatic rings. The van der Waals surface area contributed by atoms with Crippen LogP contribution in [-0.2, 0) is 0 Å². The summed E-state index contributed by atoms with van der Waals surface area (Å²) >= 11 is 7.78. The molecule has 4 aromatic rings. The second-order valence-electron chi connectivity index (χ2n) is 8.67. The van der Waals surface area contributed by atoms with Crippen molar-refractivity contribution in [3.05, 3.63) is 57.1 Å². The first-order valence-corrected chi connectivity index (χ1v) is 12.7. The Hall–Kier alpha value is -3.83. The minimum absolute atomic E-state index is 0.0551. The number of rotatable bonds is 6. The molecule has 6 rings (SSSR count). The summed E-state index contributed by atoms with van der Waals surface area (Å²) < 4.78 is 24.4. The van der Waals surface area contributed by atoms with Gasteiger partial charge in [-0.1, -0.05) is 11.6 Å². The minimum atomic E-state index is -0.464. The number of thiophene rings is 1. The van der Waals surface area contributed by atoms with Crippen molar-refractivity contribution in [2.75, 3.05) is 25.9 Å². The van der Waals surface area contributed by atoms with Crippen LogP contribution in [0.4, 0.5) is 5.69 Å². The molecule has 0 N–H and O–H groups in total. The van der Waals surface area contributed by atoms with Crippen LogP contribution >= 0.6 is 22.9 Å². The largest absolute Gasteiger partial charge is 0.480 e. The summed E-state index contributed by atoms with van der Waals surface area (Å²) in [5.74, 6) is 1.82. The normalized spacial score (nSPS) is 16.0. The Morgan fingerprint density at radius 2 is 1.92 bits per heavy atom. The molecule has 12 heteroatoms. The van der Waals surface area contributed by atoms with Crippen LogP contribution in [0.2, 0.25) is 4.34 Å². The molecule has 190 valence electrons. The fourth-order valence-electron chi connectivity index (χ4n) is 4.73. The molecule has 0 bridgehead atoms. The van der Waals surface area contributed by atoms with Gasteiger partial charge in [-0.3, -0.25) is 9.69 Å². The van der Waals surface area contributed by atoms with E-state index >= 15 is 0 Å². The molecule has 2 aliphatic heterocycles. The van der Waals surface area contributed by atoms with Crippen LogP contribution in [0.15, 0.2) is 36.5 Å². The van der Waals surface area contributed by atoms with Gasteiger partial charge < -0.3 is 23.5 Å². The number of halogens is 1. The van der Waals surface area contributed by atoms with Crippen molar-refractivity contribution in [2.45, 2.75) is 25.9 Å². The molecule has 10 nitrogen and oxygen atoms in total. The van der Waals surface area contributed by atoms with Gasteiger partial charge in [-0.25, -0.2) is 9.97 Å². The maximum absolute atomic E-state index is 14.0. The number of aromatic nitrogens is 4. The second-order valence-corrected chi connectivity index (χ2v) is 10.4. The van der Waals surface area contributed by atoms with Crippen molar-refractivity contribution < 1.29 is 23.7 Å². The Balaban J connectivity index is 1.57. The quantitative estimate of drug-likeness (QED) is 0.332. The van der Waals surface area contributed by atoms with Gasteiger partial charge >= 0.3 is 6.01 Å². The molecule has 1 atom stereocenters. The number of ether oxygens (including phenoxy) is 4. The van der Waals surface area contributed by atoms with Crippen molar-refractivity contribution in [1.82, 2.24) is 19.5 Å². The van der Waals surface area contributed by atoms with Crippen LogP contribution in [0, 0.1) is 0 Å². The van der Waals surface area contributed by atoms with E-state index in [1.54, 1.807) is 17.2 Å². The van der Waals surface area contributed by atoms with Gasteiger partial charge in [0.15, 0.2) is 17.2 Å². The highest BCUT2D eigenvalue weighted by Gasteiger charge is 2.46. The van der Waals surface area contributed by atoms with E-state index in [0.717, 1.165) is 10.6 Å². The maximum atomic E-state index is 14.0. The molecular formula is C25H22ClN5O5S. The molecule has 1 amide bonds. The van der Waals surface area contributed by atoms with Gasteiger partial charge in [-0.2, -0.15) is 4.98 Å². The van der Waals surface area contributed by atoms with E-state index in [1.807, 2.05) is 42.7 Å². The van der Waals surface area contributed by atoms with E-state index in [4.69, 9.17) is 35.5 Å². The van der Waals surface area contributed by atoms with Crippen LogP contribution in [0.1, 0.15) is 47.0 Å². The van der Waals surface area contributed by atoms with Gasteiger partial charge in [0.2, 0.25) is 12.7 Å². The first kappa shape index (κ1) is 23.6. The molecule has 0 spiro atoms. The molecule has 0 saturated heterocycles. The molecular weight excluding hydrogens is 518 g/mol. The number of anilines is 1. The monoisotopic (exact) mass is 539 g/mol. The Morgan fingerprint density at radius 1 is 1.11 bits per heavy atom. The summed E-state index contributed by atoms with van der Waals surface area (Å²) in [6.45, 7) is 4.22. The van der Waals surface area contributed by atoms with Crippen molar-refractivity contribution >= 4 is 34.5 Å². The molecule has 0 radical (unpaired) electrons. The third-order valence-electron chi connectivity index (χ3n) is 6.25. The SMILES string of the molecule is COc1ncc(-c2nc3c(n2C(C)C)[C@H](c2ccc(Cl)s2)N(c2ccc4c(c2)OCO4)C3=O)c(OC)n1. The number of methoxy groups -OCH3 is 2. The molecule has 0 fully saturated rings. The highest BCUT2D eigenvalue weighted by Crippen LogP contribution is 2.48. The molecule has 0 unspecified atom stereocenters.